The van der Waals surface area contributed by atoms with Crippen molar-refractivity contribution in [3.63, 3.8) is 0 Å². The normalized spacial score (nSPS) is 21.2. The van der Waals surface area contributed by atoms with E-state index in [4.69, 9.17) is 10.8 Å². The number of hydrazine groups is 1. The minimum atomic E-state index is -0.0880. The van der Waals surface area contributed by atoms with E-state index in [1.807, 2.05) is 11.3 Å². The molecule has 0 bridgehead atoms. The highest BCUT2D eigenvalue weighted by atomic mass is 32.1. The van der Waals surface area contributed by atoms with Crippen LogP contribution in [0.3, 0.4) is 0 Å². The molecule has 0 aromatic carbocycles. The number of hydrogen-bond donors (Lipinski definition) is 2. The third kappa shape index (κ3) is 2.87. The lowest BCUT2D eigenvalue weighted by molar-refractivity contribution is 0.563. The van der Waals surface area contributed by atoms with Crippen molar-refractivity contribution in [2.75, 3.05) is 0 Å². The van der Waals surface area contributed by atoms with Gasteiger partial charge < -0.3 is 5.43 Å². The molecule has 2 rings (SSSR count). The Balaban J connectivity index is 2.32. The van der Waals surface area contributed by atoms with Crippen molar-refractivity contribution in [1.82, 2.24) is 5.43 Å². The number of nitrogens with zero attached hydrogens (tertiary/aromatic N) is 1. The maximum absolute atomic E-state index is 5.66. The molecular weight excluding hydrogens is 230 g/mol. The zero-order valence-corrected chi connectivity index (χ0v) is 11.6. The fourth-order valence-electron chi connectivity index (χ4n) is 2.34. The van der Waals surface area contributed by atoms with Crippen LogP contribution in [0, 0.1) is 0 Å². The summed E-state index contributed by atoms with van der Waals surface area (Å²) in [6, 6.07) is 2.22. The summed E-state index contributed by atoms with van der Waals surface area (Å²) < 4.78 is 0. The topological polar surface area (TPSA) is 50.4 Å². The van der Waals surface area contributed by atoms with Crippen LogP contribution in [0.4, 0.5) is 0 Å². The van der Waals surface area contributed by atoms with Gasteiger partial charge in [-0.3, -0.25) is 4.99 Å². The monoisotopic (exact) mass is 251 g/mol. The van der Waals surface area contributed by atoms with Crippen molar-refractivity contribution >= 4 is 17.2 Å². The molecule has 4 heteroatoms. The van der Waals surface area contributed by atoms with Crippen LogP contribution < -0.4 is 11.3 Å². The highest BCUT2D eigenvalue weighted by Gasteiger charge is 2.26. The molecule has 1 aromatic heterocycles. The van der Waals surface area contributed by atoms with E-state index in [1.165, 1.54) is 23.3 Å². The van der Waals surface area contributed by atoms with E-state index in [1.54, 1.807) is 0 Å². The van der Waals surface area contributed by atoms with Gasteiger partial charge in [0.25, 0.3) is 0 Å². The number of nitrogens with one attached hydrogen (secondary N) is 1. The lowest BCUT2D eigenvalue weighted by atomic mass is 9.86. The number of thiophene rings is 1. The quantitative estimate of drug-likeness (QED) is 0.349. The van der Waals surface area contributed by atoms with Gasteiger partial charge in [0.1, 0.15) is 5.84 Å². The smallest absolute Gasteiger partial charge is 0.118 e. The average molecular weight is 251 g/mol. The molecule has 1 heterocycles. The molecule has 0 saturated heterocycles. The molecule has 0 amide bonds. The van der Waals surface area contributed by atoms with Gasteiger partial charge in [0.05, 0.1) is 5.54 Å². The Hall–Kier alpha value is -0.870. The number of aliphatic imine (C=N–C) groups is 1. The molecule has 17 heavy (non-hydrogen) atoms. The number of fused-ring (bicyclic) bond motifs is 1. The predicted molar refractivity (Wildman–Crippen MR) is 74.5 cm³/mol. The molecule has 3 N–H and O–H groups in total. The molecule has 1 aliphatic carbocycles. The van der Waals surface area contributed by atoms with Crippen LogP contribution in [-0.2, 0) is 6.42 Å². The number of aryl methyl sites for hydroxylation is 1. The maximum atomic E-state index is 5.66. The Labute approximate surface area is 107 Å². The molecule has 1 aromatic rings. The minimum absolute atomic E-state index is 0.0880. The second-order valence-corrected chi connectivity index (χ2v) is 6.56. The van der Waals surface area contributed by atoms with Crippen molar-refractivity contribution in [3.05, 3.63) is 21.9 Å². The molecule has 1 unspecified atom stereocenters. The third-order valence-corrected chi connectivity index (χ3v) is 3.98. The molecule has 0 radical (unpaired) electrons. The average Bonchev–Trinajstić information content (AvgIpc) is 2.72. The fraction of sp³-hybridized carbons (Fsp3) is 0.615. The lowest BCUT2D eigenvalue weighted by Gasteiger charge is -2.26. The summed E-state index contributed by atoms with van der Waals surface area (Å²) in [5, 5.41) is 2.17. The van der Waals surface area contributed by atoms with E-state index < -0.39 is 0 Å². The first-order valence-corrected chi connectivity index (χ1v) is 7.02. The van der Waals surface area contributed by atoms with Gasteiger partial charge in [-0.05, 0) is 57.0 Å². The second kappa shape index (κ2) is 4.78. The van der Waals surface area contributed by atoms with Crippen LogP contribution in [-0.4, -0.2) is 11.4 Å². The summed E-state index contributed by atoms with van der Waals surface area (Å²) in [4.78, 5) is 6.21. The molecule has 1 atom stereocenters. The third-order valence-electron chi connectivity index (χ3n) is 2.99. The van der Waals surface area contributed by atoms with Crippen LogP contribution in [0.15, 0.2) is 16.4 Å². The highest BCUT2D eigenvalue weighted by Crippen LogP contribution is 2.35. The van der Waals surface area contributed by atoms with Crippen LogP contribution in [0.5, 0.6) is 0 Å². The van der Waals surface area contributed by atoms with E-state index in [9.17, 15) is 0 Å². The first-order valence-electron chi connectivity index (χ1n) is 6.14. The van der Waals surface area contributed by atoms with Gasteiger partial charge in [0, 0.05) is 10.8 Å². The van der Waals surface area contributed by atoms with Crippen LogP contribution in [0.2, 0.25) is 0 Å². The maximum Gasteiger partial charge on any atom is 0.118 e. The van der Waals surface area contributed by atoms with Crippen molar-refractivity contribution in [2.45, 2.75) is 51.5 Å². The number of rotatable bonds is 1. The standard InChI is InChI=1S/C13H21N3S/c1-13(2,3)15-12(16-14)10-5-4-6-11-9(10)7-8-17-11/h7-8,10H,4-6,14H2,1-3H3,(H,15,16). The summed E-state index contributed by atoms with van der Waals surface area (Å²) in [5.74, 6) is 6.94. The molecular formula is C13H21N3S. The molecule has 3 nitrogen and oxygen atoms in total. The van der Waals surface area contributed by atoms with Gasteiger partial charge in [-0.1, -0.05) is 0 Å². The van der Waals surface area contributed by atoms with E-state index in [0.717, 1.165) is 12.3 Å². The van der Waals surface area contributed by atoms with Crippen molar-refractivity contribution < 1.29 is 0 Å². The molecule has 94 valence electrons. The summed E-state index contributed by atoms with van der Waals surface area (Å²) in [6.07, 6.45) is 3.57. The van der Waals surface area contributed by atoms with Crippen LogP contribution in [0.1, 0.15) is 50.0 Å². The van der Waals surface area contributed by atoms with E-state index in [0.29, 0.717) is 5.92 Å². The number of hydrogen-bond acceptors (Lipinski definition) is 3. The summed E-state index contributed by atoms with van der Waals surface area (Å²) in [6.45, 7) is 6.30. The highest BCUT2D eigenvalue weighted by molar-refractivity contribution is 7.10. The van der Waals surface area contributed by atoms with Gasteiger partial charge >= 0.3 is 0 Å². The van der Waals surface area contributed by atoms with E-state index >= 15 is 0 Å². The summed E-state index contributed by atoms with van der Waals surface area (Å²) in [5.41, 5.74) is 4.14. The van der Waals surface area contributed by atoms with Gasteiger partial charge in [0.2, 0.25) is 0 Å². The van der Waals surface area contributed by atoms with Crippen molar-refractivity contribution in [2.24, 2.45) is 10.8 Å². The SMILES string of the molecule is CC(C)(C)N=C(NN)C1CCCc2sccc21. The van der Waals surface area contributed by atoms with E-state index in [-0.39, 0.29) is 5.54 Å². The Morgan fingerprint density at radius 3 is 2.94 bits per heavy atom. The summed E-state index contributed by atoms with van der Waals surface area (Å²) >= 11 is 1.85. The van der Waals surface area contributed by atoms with Crippen molar-refractivity contribution in [3.8, 4) is 0 Å². The van der Waals surface area contributed by atoms with Gasteiger partial charge in [0.15, 0.2) is 0 Å². The van der Waals surface area contributed by atoms with Crippen molar-refractivity contribution in [1.29, 1.82) is 0 Å². The fourth-order valence-corrected chi connectivity index (χ4v) is 3.33. The molecule has 0 aliphatic heterocycles. The Bertz CT molecular complexity index is 415. The molecule has 1 aliphatic rings. The van der Waals surface area contributed by atoms with Gasteiger partial charge in [-0.25, -0.2) is 5.84 Å². The predicted octanol–water partition coefficient (Wildman–Crippen LogP) is 2.83. The van der Waals surface area contributed by atoms with Crippen LogP contribution >= 0.6 is 11.3 Å². The molecule has 0 spiro atoms. The molecule has 0 saturated carbocycles. The van der Waals surface area contributed by atoms with Crippen LogP contribution in [0.25, 0.3) is 0 Å². The minimum Gasteiger partial charge on any atom is -0.312 e. The Kier molecular flexibility index (Phi) is 3.54. The second-order valence-electron chi connectivity index (χ2n) is 5.56. The lowest BCUT2D eigenvalue weighted by Crippen LogP contribution is -2.38. The largest absolute Gasteiger partial charge is 0.312 e. The molecule has 0 fully saturated rings. The Morgan fingerprint density at radius 1 is 1.53 bits per heavy atom. The Morgan fingerprint density at radius 2 is 2.29 bits per heavy atom. The van der Waals surface area contributed by atoms with Gasteiger partial charge in [-0.2, -0.15) is 0 Å². The zero-order chi connectivity index (χ0) is 12.5. The van der Waals surface area contributed by atoms with E-state index in [2.05, 4.69) is 37.6 Å². The number of amidine groups is 1. The number of nitrogens with two attached hydrogens (primary N) is 1. The first-order chi connectivity index (χ1) is 8.01. The zero-order valence-electron chi connectivity index (χ0n) is 10.8. The van der Waals surface area contributed by atoms with Gasteiger partial charge in [-0.15, -0.1) is 11.3 Å². The summed E-state index contributed by atoms with van der Waals surface area (Å²) in [7, 11) is 0. The first kappa shape index (κ1) is 12.6.